The van der Waals surface area contributed by atoms with E-state index in [0.29, 0.717) is 10.0 Å². The molecule has 4 rings (SSSR count). The first kappa shape index (κ1) is 25.4. The molecule has 1 nitrogen and oxygen atoms in total. The van der Waals surface area contributed by atoms with Crippen LogP contribution in [0.25, 0.3) is 11.1 Å². The monoisotopic (exact) mass is 501 g/mol. The van der Waals surface area contributed by atoms with E-state index >= 15 is 0 Å². The van der Waals surface area contributed by atoms with Crippen molar-refractivity contribution in [1.29, 1.82) is 0 Å². The van der Waals surface area contributed by atoms with Gasteiger partial charge in [-0.2, -0.15) is 0 Å². The maximum absolute atomic E-state index is 6.79. The van der Waals surface area contributed by atoms with Gasteiger partial charge in [-0.25, -0.2) is 0 Å². The molecule has 0 aliphatic carbocycles. The molecule has 0 aliphatic rings. The van der Waals surface area contributed by atoms with Gasteiger partial charge in [0.05, 0.1) is 21.4 Å². The number of benzene rings is 4. The fraction of sp³-hybridized carbons (Fsp3) is 0.250. The van der Waals surface area contributed by atoms with Gasteiger partial charge in [0.25, 0.3) is 0 Å². The summed E-state index contributed by atoms with van der Waals surface area (Å²) in [5.41, 5.74) is 7.98. The molecule has 180 valence electrons. The zero-order valence-electron chi connectivity index (χ0n) is 21.4. The Morgan fingerprint density at radius 2 is 1.06 bits per heavy atom. The van der Waals surface area contributed by atoms with E-state index in [2.05, 4.69) is 119 Å². The lowest BCUT2D eigenvalue weighted by molar-refractivity contribution is 0.590. The average molecular weight is 503 g/mol. The minimum atomic E-state index is 0.0732. The van der Waals surface area contributed by atoms with E-state index in [-0.39, 0.29) is 10.8 Å². The number of hydrogen-bond donors (Lipinski definition) is 0. The Kier molecular flexibility index (Phi) is 7.04. The molecular weight excluding hydrogens is 469 g/mol. The van der Waals surface area contributed by atoms with Gasteiger partial charge in [0.1, 0.15) is 0 Å². The topological polar surface area (TPSA) is 3.24 Å². The van der Waals surface area contributed by atoms with Crippen LogP contribution in [0.3, 0.4) is 0 Å². The molecule has 35 heavy (non-hydrogen) atoms. The SMILES string of the molecule is CC(C)(C)c1ccc(-c2ccccc2N(c2ccc(C(C)(C)C)cc2)c2cccc(Cl)c2Cl)cc1. The van der Waals surface area contributed by atoms with E-state index in [1.54, 1.807) is 0 Å². The zero-order chi connectivity index (χ0) is 25.4. The van der Waals surface area contributed by atoms with Gasteiger partial charge < -0.3 is 4.90 Å². The Hall–Kier alpha value is -2.74. The van der Waals surface area contributed by atoms with E-state index in [9.17, 15) is 0 Å². The summed E-state index contributed by atoms with van der Waals surface area (Å²) in [6.07, 6.45) is 0. The number of nitrogens with zero attached hydrogens (tertiary/aromatic N) is 1. The smallest absolute Gasteiger partial charge is 0.0832 e. The summed E-state index contributed by atoms with van der Waals surface area (Å²) < 4.78 is 0. The quantitative estimate of drug-likeness (QED) is 0.268. The summed E-state index contributed by atoms with van der Waals surface area (Å²) in [4.78, 5) is 2.20. The molecule has 0 N–H and O–H groups in total. The normalized spacial score (nSPS) is 12.0. The molecule has 0 spiro atoms. The second-order valence-corrected chi connectivity index (χ2v) is 11.8. The van der Waals surface area contributed by atoms with Gasteiger partial charge in [-0.1, -0.05) is 125 Å². The Labute approximate surface area is 220 Å². The molecule has 0 saturated carbocycles. The van der Waals surface area contributed by atoms with Crippen LogP contribution in [0.2, 0.25) is 10.0 Å². The zero-order valence-corrected chi connectivity index (χ0v) is 22.9. The van der Waals surface area contributed by atoms with Crippen LogP contribution in [0.15, 0.2) is 91.0 Å². The molecule has 3 heteroatoms. The number of anilines is 3. The first-order chi connectivity index (χ1) is 16.5. The van der Waals surface area contributed by atoms with Crippen LogP contribution in [-0.4, -0.2) is 0 Å². The molecule has 0 saturated heterocycles. The van der Waals surface area contributed by atoms with Gasteiger partial charge in [0.15, 0.2) is 0 Å². The average Bonchev–Trinajstić information content (AvgIpc) is 2.82. The minimum Gasteiger partial charge on any atom is -0.308 e. The third kappa shape index (κ3) is 5.42. The van der Waals surface area contributed by atoms with Crippen molar-refractivity contribution in [3.63, 3.8) is 0 Å². The van der Waals surface area contributed by atoms with Crippen molar-refractivity contribution in [3.8, 4) is 11.1 Å². The number of hydrogen-bond acceptors (Lipinski definition) is 1. The van der Waals surface area contributed by atoms with Crippen LogP contribution in [0.5, 0.6) is 0 Å². The van der Waals surface area contributed by atoms with Crippen molar-refractivity contribution in [2.75, 3.05) is 4.90 Å². The molecule has 4 aromatic rings. The van der Waals surface area contributed by atoms with Gasteiger partial charge in [-0.05, 0) is 57.9 Å². The predicted octanol–water partition coefficient (Wildman–Crippen LogP) is 10.7. The summed E-state index contributed by atoms with van der Waals surface area (Å²) in [6, 6.07) is 31.8. The van der Waals surface area contributed by atoms with E-state index in [1.807, 2.05) is 18.2 Å². The van der Waals surface area contributed by atoms with Gasteiger partial charge in [-0.3, -0.25) is 0 Å². The molecular formula is C32H33Cl2N. The first-order valence-electron chi connectivity index (χ1n) is 12.0. The highest BCUT2D eigenvalue weighted by molar-refractivity contribution is 6.44. The van der Waals surface area contributed by atoms with Crippen LogP contribution < -0.4 is 4.90 Å². The van der Waals surface area contributed by atoms with Crippen molar-refractivity contribution in [3.05, 3.63) is 112 Å². The van der Waals surface area contributed by atoms with Crippen molar-refractivity contribution in [2.45, 2.75) is 52.4 Å². The predicted molar refractivity (Wildman–Crippen MR) is 154 cm³/mol. The van der Waals surface area contributed by atoms with Gasteiger partial charge >= 0.3 is 0 Å². The van der Waals surface area contributed by atoms with Crippen molar-refractivity contribution < 1.29 is 0 Å². The van der Waals surface area contributed by atoms with Crippen LogP contribution in [0, 0.1) is 0 Å². The molecule has 0 aliphatic heterocycles. The molecule has 0 radical (unpaired) electrons. The first-order valence-corrected chi connectivity index (χ1v) is 12.8. The Morgan fingerprint density at radius 3 is 1.63 bits per heavy atom. The van der Waals surface area contributed by atoms with Crippen LogP contribution in [0.1, 0.15) is 52.7 Å². The highest BCUT2D eigenvalue weighted by Gasteiger charge is 2.22. The third-order valence-corrected chi connectivity index (χ3v) is 7.18. The molecule has 0 unspecified atom stereocenters. The molecule has 0 heterocycles. The molecule has 4 aromatic carbocycles. The summed E-state index contributed by atoms with van der Waals surface area (Å²) in [5, 5.41) is 1.07. The Balaban J connectivity index is 1.91. The second kappa shape index (κ2) is 9.72. The molecule has 0 fully saturated rings. The number of rotatable bonds is 4. The summed E-state index contributed by atoms with van der Waals surface area (Å²) in [5.74, 6) is 0. The fourth-order valence-corrected chi connectivity index (χ4v) is 4.63. The maximum Gasteiger partial charge on any atom is 0.0832 e. The van der Waals surface area contributed by atoms with Crippen molar-refractivity contribution >= 4 is 40.3 Å². The van der Waals surface area contributed by atoms with Gasteiger partial charge in [0.2, 0.25) is 0 Å². The maximum atomic E-state index is 6.79. The fourth-order valence-electron chi connectivity index (χ4n) is 4.25. The lowest BCUT2D eigenvalue weighted by Crippen LogP contribution is -2.14. The molecule has 0 amide bonds. The van der Waals surface area contributed by atoms with E-state index < -0.39 is 0 Å². The summed E-state index contributed by atoms with van der Waals surface area (Å²) in [6.45, 7) is 13.4. The third-order valence-electron chi connectivity index (χ3n) is 6.37. The second-order valence-electron chi connectivity index (χ2n) is 11.0. The van der Waals surface area contributed by atoms with Crippen molar-refractivity contribution in [2.24, 2.45) is 0 Å². The lowest BCUT2D eigenvalue weighted by Gasteiger charge is -2.30. The van der Waals surface area contributed by atoms with Crippen LogP contribution in [0.4, 0.5) is 17.1 Å². The van der Waals surface area contributed by atoms with E-state index in [4.69, 9.17) is 23.2 Å². The lowest BCUT2D eigenvalue weighted by atomic mass is 9.86. The van der Waals surface area contributed by atoms with Crippen LogP contribution >= 0.6 is 23.2 Å². The van der Waals surface area contributed by atoms with E-state index in [1.165, 1.54) is 11.1 Å². The summed E-state index contributed by atoms with van der Waals surface area (Å²) >= 11 is 13.3. The highest BCUT2D eigenvalue weighted by atomic mass is 35.5. The van der Waals surface area contributed by atoms with Gasteiger partial charge in [-0.15, -0.1) is 0 Å². The standard InChI is InChI=1S/C32H33Cl2N/c1-31(2,3)23-16-14-22(15-17-23)26-10-7-8-12-28(26)35(29-13-9-11-27(33)30(29)34)25-20-18-24(19-21-25)32(4,5)6/h7-21H,1-6H3. The Bertz CT molecular complexity index is 1310. The highest BCUT2D eigenvalue weighted by Crippen LogP contribution is 2.45. The minimum absolute atomic E-state index is 0.0732. The molecule has 0 atom stereocenters. The largest absolute Gasteiger partial charge is 0.308 e. The molecule has 0 bridgehead atoms. The van der Waals surface area contributed by atoms with Crippen molar-refractivity contribution in [1.82, 2.24) is 0 Å². The number of halogens is 2. The summed E-state index contributed by atoms with van der Waals surface area (Å²) in [7, 11) is 0. The number of para-hydroxylation sites is 1. The Morgan fingerprint density at radius 1 is 0.543 bits per heavy atom. The molecule has 0 aromatic heterocycles. The van der Waals surface area contributed by atoms with E-state index in [0.717, 1.165) is 28.2 Å². The van der Waals surface area contributed by atoms with Gasteiger partial charge in [0, 0.05) is 11.3 Å². The van der Waals surface area contributed by atoms with Crippen LogP contribution in [-0.2, 0) is 10.8 Å².